The van der Waals surface area contributed by atoms with Crippen LogP contribution in [0.5, 0.6) is 0 Å². The van der Waals surface area contributed by atoms with Gasteiger partial charge in [-0.2, -0.15) is 0 Å². The van der Waals surface area contributed by atoms with Gasteiger partial charge in [-0.1, -0.05) is 42.5 Å². The van der Waals surface area contributed by atoms with Crippen LogP contribution in [0.3, 0.4) is 0 Å². The van der Waals surface area contributed by atoms with Crippen LogP contribution in [0.4, 0.5) is 10.1 Å². The lowest BCUT2D eigenvalue weighted by Crippen LogP contribution is -2.37. The number of amides is 2. The summed E-state index contributed by atoms with van der Waals surface area (Å²) in [6.45, 7) is 1.97. The summed E-state index contributed by atoms with van der Waals surface area (Å²) in [5.41, 5.74) is 1.05. The zero-order valence-corrected chi connectivity index (χ0v) is 16.7. The van der Waals surface area contributed by atoms with E-state index in [0.29, 0.717) is 5.82 Å². The smallest absolute Gasteiger partial charge is 0.227 e. The Hall–Kier alpha value is -3.55. The van der Waals surface area contributed by atoms with Crippen molar-refractivity contribution in [2.75, 3.05) is 11.4 Å². The second kappa shape index (κ2) is 8.06. The van der Waals surface area contributed by atoms with E-state index >= 15 is 0 Å². The minimum atomic E-state index is -0.586. The minimum absolute atomic E-state index is 0.0273. The Balaban J connectivity index is 1.57. The Morgan fingerprint density at radius 2 is 1.83 bits per heavy atom. The van der Waals surface area contributed by atoms with Crippen LogP contribution in [-0.4, -0.2) is 33.1 Å². The van der Waals surface area contributed by atoms with E-state index in [-0.39, 0.29) is 30.5 Å². The Kier molecular flexibility index (Phi) is 5.31. The molecule has 0 bridgehead atoms. The number of rotatable bonds is 5. The van der Waals surface area contributed by atoms with Gasteiger partial charge >= 0.3 is 0 Å². The van der Waals surface area contributed by atoms with Gasteiger partial charge in [-0.25, -0.2) is 4.39 Å². The van der Waals surface area contributed by atoms with Crippen molar-refractivity contribution in [2.24, 2.45) is 13.0 Å². The van der Waals surface area contributed by atoms with Gasteiger partial charge in [0.2, 0.25) is 11.8 Å². The van der Waals surface area contributed by atoms with Gasteiger partial charge in [0.15, 0.2) is 5.82 Å². The largest absolute Gasteiger partial charge is 0.342 e. The average Bonchev–Trinajstić information content (AvgIpc) is 3.30. The Bertz CT molecular complexity index is 1080. The van der Waals surface area contributed by atoms with Crippen LogP contribution in [0, 0.1) is 18.7 Å². The molecule has 0 aliphatic carbocycles. The predicted octanol–water partition coefficient (Wildman–Crippen LogP) is 2.52. The molecule has 1 aliphatic heterocycles. The highest BCUT2D eigenvalue weighted by molar-refractivity contribution is 6.00. The SMILES string of the molecule is Cc1nnc(C(NC(=O)C2CC(=O)N(c3ccccc3F)C2)c2ccccc2)n1C. The molecule has 1 aromatic heterocycles. The van der Waals surface area contributed by atoms with Crippen LogP contribution < -0.4 is 10.2 Å². The van der Waals surface area contributed by atoms with Crippen LogP contribution in [0.1, 0.15) is 29.7 Å². The molecule has 1 aliphatic rings. The number of benzene rings is 2. The Labute approximate surface area is 173 Å². The molecule has 154 valence electrons. The molecular formula is C22H22FN5O2. The van der Waals surface area contributed by atoms with Crippen molar-refractivity contribution in [2.45, 2.75) is 19.4 Å². The molecule has 2 aromatic carbocycles. The van der Waals surface area contributed by atoms with E-state index in [1.807, 2.05) is 48.9 Å². The van der Waals surface area contributed by atoms with Crippen molar-refractivity contribution >= 4 is 17.5 Å². The summed E-state index contributed by atoms with van der Waals surface area (Å²) < 4.78 is 16.0. The number of hydrogen-bond acceptors (Lipinski definition) is 4. The van der Waals surface area contributed by atoms with E-state index in [0.717, 1.165) is 11.4 Å². The molecule has 2 atom stereocenters. The monoisotopic (exact) mass is 407 g/mol. The first kappa shape index (κ1) is 19.8. The molecule has 0 spiro atoms. The maximum atomic E-state index is 14.1. The molecule has 7 nitrogen and oxygen atoms in total. The number of aromatic nitrogens is 3. The first-order chi connectivity index (χ1) is 14.5. The van der Waals surface area contributed by atoms with Crippen molar-refractivity contribution in [1.29, 1.82) is 0 Å². The van der Waals surface area contributed by atoms with Gasteiger partial charge in [0.25, 0.3) is 0 Å². The van der Waals surface area contributed by atoms with Gasteiger partial charge in [0, 0.05) is 20.0 Å². The fourth-order valence-electron chi connectivity index (χ4n) is 3.66. The topological polar surface area (TPSA) is 80.1 Å². The molecule has 0 radical (unpaired) electrons. The fourth-order valence-corrected chi connectivity index (χ4v) is 3.66. The van der Waals surface area contributed by atoms with E-state index in [9.17, 15) is 14.0 Å². The quantitative estimate of drug-likeness (QED) is 0.705. The van der Waals surface area contributed by atoms with Crippen molar-refractivity contribution < 1.29 is 14.0 Å². The molecule has 2 heterocycles. The molecule has 2 amide bonds. The normalized spacial score (nSPS) is 17.2. The van der Waals surface area contributed by atoms with Gasteiger partial charge in [0.05, 0.1) is 11.6 Å². The number of nitrogens with one attached hydrogen (secondary N) is 1. The highest BCUT2D eigenvalue weighted by Crippen LogP contribution is 2.28. The number of hydrogen-bond donors (Lipinski definition) is 1. The van der Waals surface area contributed by atoms with Gasteiger partial charge in [-0.05, 0) is 24.6 Å². The zero-order chi connectivity index (χ0) is 21.3. The minimum Gasteiger partial charge on any atom is -0.342 e. The van der Waals surface area contributed by atoms with Crippen molar-refractivity contribution in [3.63, 3.8) is 0 Å². The summed E-state index contributed by atoms with van der Waals surface area (Å²) >= 11 is 0. The number of para-hydroxylation sites is 1. The Morgan fingerprint density at radius 1 is 1.13 bits per heavy atom. The van der Waals surface area contributed by atoms with Crippen molar-refractivity contribution in [1.82, 2.24) is 20.1 Å². The van der Waals surface area contributed by atoms with Gasteiger partial charge in [-0.15, -0.1) is 10.2 Å². The lowest BCUT2D eigenvalue weighted by atomic mass is 10.0. The lowest BCUT2D eigenvalue weighted by molar-refractivity contribution is -0.126. The van der Waals surface area contributed by atoms with Crippen molar-refractivity contribution in [3.8, 4) is 0 Å². The van der Waals surface area contributed by atoms with Crippen LogP contribution in [0.2, 0.25) is 0 Å². The highest BCUT2D eigenvalue weighted by Gasteiger charge is 2.37. The number of carbonyl (C=O) groups is 2. The molecule has 1 saturated heterocycles. The molecule has 1 fully saturated rings. The molecule has 8 heteroatoms. The van der Waals surface area contributed by atoms with Crippen LogP contribution >= 0.6 is 0 Å². The molecule has 4 rings (SSSR count). The van der Waals surface area contributed by atoms with Crippen molar-refractivity contribution in [3.05, 3.63) is 77.6 Å². The third-order valence-corrected chi connectivity index (χ3v) is 5.44. The van der Waals surface area contributed by atoms with E-state index in [1.54, 1.807) is 18.2 Å². The number of anilines is 1. The molecular weight excluding hydrogens is 385 g/mol. The number of aryl methyl sites for hydroxylation is 1. The molecule has 0 saturated carbocycles. The summed E-state index contributed by atoms with van der Waals surface area (Å²) in [5.74, 6) is -0.298. The summed E-state index contributed by atoms with van der Waals surface area (Å²) in [7, 11) is 1.84. The summed E-state index contributed by atoms with van der Waals surface area (Å²) in [4.78, 5) is 26.9. The van der Waals surface area contributed by atoms with Crippen LogP contribution in [0.25, 0.3) is 0 Å². The standard InChI is InChI=1S/C22H22FN5O2/c1-14-25-26-21(27(14)2)20(15-8-4-3-5-9-15)24-22(30)16-12-19(29)28(13-16)18-11-7-6-10-17(18)23/h3-11,16,20H,12-13H2,1-2H3,(H,24,30). The van der Waals surface area contributed by atoms with Crippen LogP contribution in [-0.2, 0) is 16.6 Å². The molecule has 1 N–H and O–H groups in total. The second-order valence-electron chi connectivity index (χ2n) is 7.37. The summed E-state index contributed by atoms with van der Waals surface area (Å²) in [6, 6.07) is 15.0. The zero-order valence-electron chi connectivity index (χ0n) is 16.7. The van der Waals surface area contributed by atoms with Gasteiger partial charge in [0.1, 0.15) is 17.7 Å². The van der Waals surface area contributed by atoms with E-state index in [1.165, 1.54) is 11.0 Å². The first-order valence-electron chi connectivity index (χ1n) is 9.72. The average molecular weight is 407 g/mol. The number of carbonyl (C=O) groups excluding carboxylic acids is 2. The number of halogens is 1. The molecule has 3 aromatic rings. The molecule has 30 heavy (non-hydrogen) atoms. The summed E-state index contributed by atoms with van der Waals surface area (Å²) in [6.07, 6.45) is 0.0273. The number of nitrogens with zero attached hydrogens (tertiary/aromatic N) is 4. The lowest BCUT2D eigenvalue weighted by Gasteiger charge is -2.21. The maximum absolute atomic E-state index is 14.1. The Morgan fingerprint density at radius 3 is 2.50 bits per heavy atom. The first-order valence-corrected chi connectivity index (χ1v) is 9.72. The predicted molar refractivity (Wildman–Crippen MR) is 109 cm³/mol. The van der Waals surface area contributed by atoms with Gasteiger partial charge < -0.3 is 14.8 Å². The highest BCUT2D eigenvalue weighted by atomic mass is 19.1. The third-order valence-electron chi connectivity index (χ3n) is 5.44. The maximum Gasteiger partial charge on any atom is 0.227 e. The van der Waals surface area contributed by atoms with E-state index < -0.39 is 17.8 Å². The molecule has 2 unspecified atom stereocenters. The second-order valence-corrected chi connectivity index (χ2v) is 7.37. The fraction of sp³-hybridized carbons (Fsp3) is 0.273. The van der Waals surface area contributed by atoms with E-state index in [2.05, 4.69) is 15.5 Å². The third kappa shape index (κ3) is 3.68. The summed E-state index contributed by atoms with van der Waals surface area (Å²) in [5, 5.41) is 11.3. The van der Waals surface area contributed by atoms with Gasteiger partial charge in [-0.3, -0.25) is 9.59 Å². The van der Waals surface area contributed by atoms with E-state index in [4.69, 9.17) is 0 Å². The van der Waals surface area contributed by atoms with Crippen LogP contribution in [0.15, 0.2) is 54.6 Å².